The lowest BCUT2D eigenvalue weighted by Gasteiger charge is -2.24. The molecule has 0 aromatic heterocycles. The van der Waals surface area contributed by atoms with E-state index in [1.807, 2.05) is 35.8 Å². The molecule has 21 heavy (non-hydrogen) atoms. The second kappa shape index (κ2) is 6.11. The molecule has 0 spiro atoms. The third-order valence-electron chi connectivity index (χ3n) is 3.18. The molecule has 0 radical (unpaired) electrons. The quantitative estimate of drug-likeness (QED) is 0.489. The average Bonchev–Trinajstić information content (AvgIpc) is 2.51. The van der Waals surface area contributed by atoms with E-state index in [-0.39, 0.29) is 12.3 Å². The van der Waals surface area contributed by atoms with Crippen molar-refractivity contribution >= 4 is 32.4 Å². The zero-order chi connectivity index (χ0) is 15.5. The Labute approximate surface area is 123 Å². The second-order valence-corrected chi connectivity index (χ2v) is 6.65. The van der Waals surface area contributed by atoms with Crippen molar-refractivity contribution in [2.24, 2.45) is 5.84 Å². The van der Waals surface area contributed by atoms with E-state index < -0.39 is 15.9 Å². The van der Waals surface area contributed by atoms with E-state index in [2.05, 4.69) is 0 Å². The van der Waals surface area contributed by atoms with Gasteiger partial charge >= 0.3 is 0 Å². The normalized spacial score (nSPS) is 11.3. The summed E-state index contributed by atoms with van der Waals surface area (Å²) in [5, 5.41) is 1.67. The van der Waals surface area contributed by atoms with Gasteiger partial charge in [-0.2, -0.15) is 0 Å². The molecule has 2 rings (SSSR count). The standard InChI is InChI=1S/C14H17N3O3S/c1-2-21(19,20)17(10-14(18)16-15)13-9-5-7-11-6-3-4-8-12(11)13/h3-9H,2,10,15H2,1H3,(H,16,18). The van der Waals surface area contributed by atoms with Gasteiger partial charge in [-0.15, -0.1) is 0 Å². The number of rotatable bonds is 5. The van der Waals surface area contributed by atoms with Gasteiger partial charge in [0.05, 0.1) is 11.4 Å². The second-order valence-electron chi connectivity index (χ2n) is 4.47. The van der Waals surface area contributed by atoms with E-state index >= 15 is 0 Å². The molecule has 0 fully saturated rings. The van der Waals surface area contributed by atoms with E-state index in [1.165, 1.54) is 6.92 Å². The Morgan fingerprint density at radius 3 is 2.52 bits per heavy atom. The minimum atomic E-state index is -3.59. The largest absolute Gasteiger partial charge is 0.293 e. The highest BCUT2D eigenvalue weighted by Gasteiger charge is 2.24. The van der Waals surface area contributed by atoms with Crippen molar-refractivity contribution in [3.63, 3.8) is 0 Å². The molecular formula is C14H17N3O3S. The lowest BCUT2D eigenvalue weighted by molar-refractivity contribution is -0.119. The van der Waals surface area contributed by atoms with Gasteiger partial charge in [-0.25, -0.2) is 14.3 Å². The monoisotopic (exact) mass is 307 g/mol. The number of sulfonamides is 1. The first kappa shape index (κ1) is 15.3. The molecule has 0 bridgehead atoms. The van der Waals surface area contributed by atoms with Crippen LogP contribution < -0.4 is 15.6 Å². The Bertz CT molecular complexity index is 754. The van der Waals surface area contributed by atoms with Gasteiger partial charge in [0.1, 0.15) is 6.54 Å². The van der Waals surface area contributed by atoms with Gasteiger partial charge in [-0.05, 0) is 18.4 Å². The molecule has 3 N–H and O–H groups in total. The fourth-order valence-electron chi connectivity index (χ4n) is 2.09. The summed E-state index contributed by atoms with van der Waals surface area (Å²) in [5.74, 6) is 4.40. The van der Waals surface area contributed by atoms with E-state index in [9.17, 15) is 13.2 Å². The van der Waals surface area contributed by atoms with Crippen LogP contribution in [0.25, 0.3) is 10.8 Å². The third-order valence-corrected chi connectivity index (χ3v) is 4.91. The number of nitrogens with zero attached hydrogens (tertiary/aromatic N) is 1. The van der Waals surface area contributed by atoms with Gasteiger partial charge in [0, 0.05) is 5.39 Å². The molecule has 0 aliphatic heterocycles. The van der Waals surface area contributed by atoms with Crippen LogP contribution in [0.1, 0.15) is 6.92 Å². The maximum Gasteiger partial charge on any atom is 0.254 e. The van der Waals surface area contributed by atoms with Crippen LogP contribution in [0.4, 0.5) is 5.69 Å². The van der Waals surface area contributed by atoms with E-state index in [0.29, 0.717) is 5.69 Å². The number of anilines is 1. The average molecular weight is 307 g/mol. The number of nitrogens with one attached hydrogen (secondary N) is 1. The predicted molar refractivity (Wildman–Crippen MR) is 83.1 cm³/mol. The number of hydrogen-bond acceptors (Lipinski definition) is 4. The van der Waals surface area contributed by atoms with Crippen molar-refractivity contribution in [3.8, 4) is 0 Å². The summed E-state index contributed by atoms with van der Waals surface area (Å²) in [6.45, 7) is 1.19. The highest BCUT2D eigenvalue weighted by molar-refractivity contribution is 7.92. The Balaban J connectivity index is 2.61. The maximum atomic E-state index is 12.3. The fraction of sp³-hybridized carbons (Fsp3) is 0.214. The van der Waals surface area contributed by atoms with Gasteiger partial charge in [0.15, 0.2) is 0 Å². The zero-order valence-corrected chi connectivity index (χ0v) is 12.4. The first-order chi connectivity index (χ1) is 9.99. The highest BCUT2D eigenvalue weighted by atomic mass is 32.2. The van der Waals surface area contributed by atoms with Crippen LogP contribution in [0.3, 0.4) is 0 Å². The molecule has 0 heterocycles. The van der Waals surface area contributed by atoms with E-state index in [0.717, 1.165) is 15.1 Å². The minimum absolute atomic E-state index is 0.103. The zero-order valence-electron chi connectivity index (χ0n) is 11.6. The molecule has 0 atom stereocenters. The van der Waals surface area contributed by atoms with Crippen LogP contribution in [-0.2, 0) is 14.8 Å². The van der Waals surface area contributed by atoms with Crippen LogP contribution in [-0.4, -0.2) is 26.6 Å². The molecule has 6 nitrogen and oxygen atoms in total. The van der Waals surface area contributed by atoms with Crippen molar-refractivity contribution in [3.05, 3.63) is 42.5 Å². The van der Waals surface area contributed by atoms with Gasteiger partial charge in [-0.3, -0.25) is 14.5 Å². The van der Waals surface area contributed by atoms with E-state index in [4.69, 9.17) is 5.84 Å². The SMILES string of the molecule is CCS(=O)(=O)N(CC(=O)NN)c1cccc2ccccc12. The number of benzene rings is 2. The number of hydrogen-bond donors (Lipinski definition) is 2. The van der Waals surface area contributed by atoms with Crippen molar-refractivity contribution in [2.75, 3.05) is 16.6 Å². The van der Waals surface area contributed by atoms with Crippen molar-refractivity contribution in [1.82, 2.24) is 5.43 Å². The number of fused-ring (bicyclic) bond motifs is 1. The molecule has 2 aromatic rings. The summed E-state index contributed by atoms with van der Waals surface area (Å²) in [4.78, 5) is 11.6. The summed E-state index contributed by atoms with van der Waals surface area (Å²) < 4.78 is 25.7. The third kappa shape index (κ3) is 3.14. The lowest BCUT2D eigenvalue weighted by atomic mass is 10.1. The number of carbonyl (C=O) groups excluding carboxylic acids is 1. The Hall–Kier alpha value is -2.12. The molecule has 0 saturated carbocycles. The smallest absolute Gasteiger partial charge is 0.254 e. The lowest BCUT2D eigenvalue weighted by Crippen LogP contribution is -2.43. The first-order valence-corrected chi connectivity index (χ1v) is 8.08. The number of nitrogens with two attached hydrogens (primary N) is 1. The summed E-state index contributed by atoms with van der Waals surface area (Å²) in [5.41, 5.74) is 2.44. The van der Waals surface area contributed by atoms with Crippen LogP contribution in [0, 0.1) is 0 Å². The van der Waals surface area contributed by atoms with Crippen LogP contribution in [0.2, 0.25) is 0 Å². The van der Waals surface area contributed by atoms with E-state index in [1.54, 1.807) is 12.1 Å². The summed E-state index contributed by atoms with van der Waals surface area (Å²) >= 11 is 0. The molecule has 2 aromatic carbocycles. The van der Waals surface area contributed by atoms with Gasteiger partial charge < -0.3 is 0 Å². The maximum absolute atomic E-state index is 12.3. The van der Waals surface area contributed by atoms with Crippen molar-refractivity contribution in [1.29, 1.82) is 0 Å². The minimum Gasteiger partial charge on any atom is -0.293 e. The summed E-state index contributed by atoms with van der Waals surface area (Å²) in [7, 11) is -3.59. The number of hydrazine groups is 1. The molecule has 1 amide bonds. The Kier molecular flexibility index (Phi) is 4.44. The van der Waals surface area contributed by atoms with Crippen molar-refractivity contribution < 1.29 is 13.2 Å². The molecule has 0 unspecified atom stereocenters. The molecule has 0 saturated heterocycles. The summed E-state index contributed by atoms with van der Waals surface area (Å²) in [6, 6.07) is 12.7. The van der Waals surface area contributed by atoms with Gasteiger partial charge in [0.2, 0.25) is 10.0 Å². The topological polar surface area (TPSA) is 92.5 Å². The van der Waals surface area contributed by atoms with Crippen LogP contribution in [0.15, 0.2) is 42.5 Å². The van der Waals surface area contributed by atoms with Crippen LogP contribution in [0.5, 0.6) is 0 Å². The Morgan fingerprint density at radius 2 is 1.86 bits per heavy atom. The number of amides is 1. The van der Waals surface area contributed by atoms with Crippen LogP contribution >= 0.6 is 0 Å². The fourth-order valence-corrected chi connectivity index (χ4v) is 3.18. The van der Waals surface area contributed by atoms with Gasteiger partial charge in [0.25, 0.3) is 5.91 Å². The molecule has 0 aliphatic carbocycles. The van der Waals surface area contributed by atoms with Gasteiger partial charge in [-0.1, -0.05) is 36.4 Å². The molecule has 7 heteroatoms. The first-order valence-electron chi connectivity index (χ1n) is 6.47. The molecule has 0 aliphatic rings. The van der Waals surface area contributed by atoms with Crippen molar-refractivity contribution in [2.45, 2.75) is 6.92 Å². The highest BCUT2D eigenvalue weighted by Crippen LogP contribution is 2.28. The predicted octanol–water partition coefficient (Wildman–Crippen LogP) is 0.986. The number of carbonyl (C=O) groups is 1. The molecular weight excluding hydrogens is 290 g/mol. The Morgan fingerprint density at radius 1 is 1.19 bits per heavy atom. The molecule has 112 valence electrons. The summed E-state index contributed by atoms with van der Waals surface area (Å²) in [6.07, 6.45) is 0.